The molecule has 4 aromatic rings. The quantitative estimate of drug-likeness (QED) is 0.444. The monoisotopic (exact) mass is 447 g/mol. The second-order valence-electron chi connectivity index (χ2n) is 9.54. The largest absolute Gasteiger partial charge is 0.347 e. The topological polar surface area (TPSA) is 74.7 Å². The van der Waals surface area contributed by atoms with Crippen molar-refractivity contribution in [2.75, 3.05) is 13.1 Å². The Balaban J connectivity index is 1.65. The van der Waals surface area contributed by atoms with Gasteiger partial charge >= 0.3 is 0 Å². The molecule has 4 heterocycles. The van der Waals surface area contributed by atoms with Crippen LogP contribution < -0.4 is 16.1 Å². The number of H-pyrrole nitrogens is 1. The van der Waals surface area contributed by atoms with Crippen molar-refractivity contribution in [2.45, 2.75) is 45.1 Å². The van der Waals surface area contributed by atoms with E-state index < -0.39 is 0 Å². The third kappa shape index (κ3) is 3.65. The highest BCUT2D eigenvalue weighted by Gasteiger charge is 2.23. The van der Waals surface area contributed by atoms with Gasteiger partial charge in [0.05, 0.1) is 16.4 Å². The van der Waals surface area contributed by atoms with E-state index in [2.05, 4.69) is 76.8 Å². The number of carbonyl (C=O) groups is 1. The summed E-state index contributed by atoms with van der Waals surface area (Å²) in [6.07, 6.45) is 3.89. The van der Waals surface area contributed by atoms with Gasteiger partial charge in [0.2, 0.25) is 0 Å². The molecule has 3 N–H and O–H groups in total. The number of nitrogens with one attached hydrogen (secondary N) is 3. The molecule has 1 amide bonds. The number of pyridine rings is 1. The molecule has 0 saturated carbocycles. The summed E-state index contributed by atoms with van der Waals surface area (Å²) in [5.74, 6) is -0.0499. The lowest BCUT2D eigenvalue weighted by molar-refractivity contribution is 0.0936. The van der Waals surface area contributed by atoms with Gasteiger partial charge in [-0.05, 0) is 48.6 Å². The third-order valence-electron chi connectivity index (χ3n) is 6.16. The smallest absolute Gasteiger partial charge is 0.263 e. The number of aromatic nitrogens is 3. The van der Waals surface area contributed by atoms with Crippen molar-refractivity contribution < 1.29 is 4.79 Å². The molecule has 6 nitrogen and oxygen atoms in total. The van der Waals surface area contributed by atoms with E-state index in [0.717, 1.165) is 58.3 Å². The first kappa shape index (κ1) is 21.0. The zero-order valence-corrected chi connectivity index (χ0v) is 19.6. The predicted molar refractivity (Wildman–Crippen MR) is 132 cm³/mol. The van der Waals surface area contributed by atoms with Crippen LogP contribution in [-0.4, -0.2) is 39.6 Å². The number of aromatic amines is 1. The lowest BCUT2D eigenvalue weighted by Gasteiger charge is -2.23. The van der Waals surface area contributed by atoms with Gasteiger partial charge in [0.15, 0.2) is 0 Å². The van der Waals surface area contributed by atoms with E-state index in [1.807, 2.05) is 12.3 Å². The standard InChI is InChI=1S/C25H29N5OS/c1-15-28-21-20-19(30(15)18-9-5-7-16(13-18)25(2,3)4)10-12-27-24(20)32-22(21)23(31)29-17-8-6-11-26-14-17/h5,7,9-10,12-13,17,26,28H,1,6,8,11,14H2,2-4H3,(H,29,31)/t17-/m1/s1. The first-order chi connectivity index (χ1) is 15.3. The fraction of sp³-hybridized carbons (Fsp3) is 0.360. The average Bonchev–Trinajstić information content (AvgIpc) is 3.14. The van der Waals surface area contributed by atoms with Crippen molar-refractivity contribution in [2.24, 2.45) is 0 Å². The van der Waals surface area contributed by atoms with Crippen LogP contribution in [-0.2, 0) is 5.41 Å². The lowest BCUT2D eigenvalue weighted by atomic mass is 9.87. The highest BCUT2D eigenvalue weighted by Crippen LogP contribution is 2.34. The minimum atomic E-state index is -0.0499. The van der Waals surface area contributed by atoms with Gasteiger partial charge in [-0.1, -0.05) is 39.5 Å². The second kappa shape index (κ2) is 7.90. The number of nitrogens with zero attached hydrogens (tertiary/aromatic N) is 2. The molecule has 0 aliphatic carbocycles. The number of piperidine rings is 1. The number of hydrogen-bond donors (Lipinski definition) is 3. The summed E-state index contributed by atoms with van der Waals surface area (Å²) in [4.78, 5) is 22.7. The summed E-state index contributed by atoms with van der Waals surface area (Å²) < 4.78 is 2.12. The predicted octanol–water partition coefficient (Wildman–Crippen LogP) is 4.04. The SMILES string of the molecule is C=c1[nH]c2c(C(=O)N[C@@H]3CCCNC3)sc3nccc(c32)n1-c1cccc(C(C)(C)C)c1. The fourth-order valence-electron chi connectivity index (χ4n) is 4.45. The van der Waals surface area contributed by atoms with Crippen LogP contribution in [0.4, 0.5) is 0 Å². The molecule has 1 aliphatic rings. The molecule has 1 aliphatic heterocycles. The molecule has 0 bridgehead atoms. The zero-order valence-electron chi connectivity index (χ0n) is 18.8. The fourth-order valence-corrected chi connectivity index (χ4v) is 5.47. The van der Waals surface area contributed by atoms with Crippen LogP contribution in [0.1, 0.15) is 48.8 Å². The summed E-state index contributed by atoms with van der Waals surface area (Å²) in [5, 5.41) is 7.52. The molecule has 1 saturated heterocycles. The van der Waals surface area contributed by atoms with E-state index in [0.29, 0.717) is 4.88 Å². The van der Waals surface area contributed by atoms with E-state index in [-0.39, 0.29) is 17.4 Å². The first-order valence-electron chi connectivity index (χ1n) is 11.1. The van der Waals surface area contributed by atoms with E-state index in [9.17, 15) is 4.79 Å². The average molecular weight is 448 g/mol. The maximum Gasteiger partial charge on any atom is 0.263 e. The molecular weight excluding hydrogens is 418 g/mol. The normalized spacial score (nSPS) is 17.2. The van der Waals surface area contributed by atoms with Crippen molar-refractivity contribution in [3.05, 3.63) is 52.4 Å². The Morgan fingerprint density at radius 3 is 2.91 bits per heavy atom. The lowest BCUT2D eigenvalue weighted by Crippen LogP contribution is -2.45. The van der Waals surface area contributed by atoms with Gasteiger partial charge in [0.1, 0.15) is 15.2 Å². The van der Waals surface area contributed by atoms with Crippen LogP contribution in [0.2, 0.25) is 0 Å². The molecule has 32 heavy (non-hydrogen) atoms. The summed E-state index contributed by atoms with van der Waals surface area (Å²) in [6, 6.07) is 10.7. The van der Waals surface area contributed by atoms with Crippen LogP contribution in [0.25, 0.3) is 33.5 Å². The highest BCUT2D eigenvalue weighted by molar-refractivity contribution is 7.21. The van der Waals surface area contributed by atoms with Crippen molar-refractivity contribution >= 4 is 45.1 Å². The first-order valence-corrected chi connectivity index (χ1v) is 11.9. The highest BCUT2D eigenvalue weighted by atomic mass is 32.1. The second-order valence-corrected chi connectivity index (χ2v) is 10.5. The number of thiophene rings is 1. The Morgan fingerprint density at radius 1 is 1.31 bits per heavy atom. The van der Waals surface area contributed by atoms with Crippen molar-refractivity contribution in [1.29, 1.82) is 0 Å². The Morgan fingerprint density at radius 2 is 2.16 bits per heavy atom. The summed E-state index contributed by atoms with van der Waals surface area (Å²) in [7, 11) is 0. The van der Waals surface area contributed by atoms with Gasteiger partial charge in [-0.3, -0.25) is 9.36 Å². The Hall–Kier alpha value is -2.90. The summed E-state index contributed by atoms with van der Waals surface area (Å²) in [5.41, 5.74) is 4.87. The maximum atomic E-state index is 13.2. The molecule has 0 spiro atoms. The van der Waals surface area contributed by atoms with Crippen molar-refractivity contribution in [3.63, 3.8) is 0 Å². The molecule has 166 valence electrons. The van der Waals surface area contributed by atoms with E-state index >= 15 is 0 Å². The molecular formula is C25H29N5OS. The Labute approximate surface area is 191 Å². The van der Waals surface area contributed by atoms with Crippen LogP contribution >= 0.6 is 11.3 Å². The van der Waals surface area contributed by atoms with Crippen molar-refractivity contribution in [1.82, 2.24) is 25.2 Å². The van der Waals surface area contributed by atoms with Crippen LogP contribution in [0, 0.1) is 0 Å². The van der Waals surface area contributed by atoms with Crippen LogP contribution in [0.5, 0.6) is 0 Å². The van der Waals surface area contributed by atoms with Gasteiger partial charge in [0, 0.05) is 24.5 Å². The van der Waals surface area contributed by atoms with E-state index in [4.69, 9.17) is 0 Å². The number of benzene rings is 1. The molecule has 1 fully saturated rings. The minimum absolute atomic E-state index is 0.0426. The van der Waals surface area contributed by atoms with Gasteiger partial charge in [-0.25, -0.2) is 4.98 Å². The molecule has 3 aromatic heterocycles. The number of amides is 1. The molecule has 7 heteroatoms. The number of carbonyl (C=O) groups excluding carboxylic acids is 1. The summed E-state index contributed by atoms with van der Waals surface area (Å²) in [6.45, 7) is 12.8. The summed E-state index contributed by atoms with van der Waals surface area (Å²) >= 11 is 1.43. The zero-order chi connectivity index (χ0) is 22.5. The maximum absolute atomic E-state index is 13.2. The Kier molecular flexibility index (Phi) is 5.18. The molecule has 0 radical (unpaired) electrons. The van der Waals surface area contributed by atoms with Gasteiger partial charge in [-0.15, -0.1) is 11.3 Å². The minimum Gasteiger partial charge on any atom is -0.347 e. The molecule has 0 unspecified atom stereocenters. The van der Waals surface area contributed by atoms with Gasteiger partial charge in [0.25, 0.3) is 5.91 Å². The molecule has 1 aromatic carbocycles. The third-order valence-corrected chi connectivity index (χ3v) is 7.26. The van der Waals surface area contributed by atoms with Gasteiger partial charge in [-0.2, -0.15) is 0 Å². The van der Waals surface area contributed by atoms with E-state index in [1.165, 1.54) is 16.9 Å². The van der Waals surface area contributed by atoms with Crippen molar-refractivity contribution in [3.8, 4) is 5.69 Å². The van der Waals surface area contributed by atoms with E-state index in [1.54, 1.807) is 0 Å². The molecule has 5 rings (SSSR count). The van der Waals surface area contributed by atoms with Crippen LogP contribution in [0.15, 0.2) is 36.5 Å². The molecule has 1 atom stereocenters. The number of hydrogen-bond acceptors (Lipinski definition) is 4. The van der Waals surface area contributed by atoms with Crippen LogP contribution in [0.3, 0.4) is 0 Å². The Bertz CT molecular complexity index is 1360. The van der Waals surface area contributed by atoms with Gasteiger partial charge < -0.3 is 15.6 Å². The number of rotatable bonds is 3.